The maximum absolute atomic E-state index is 15.2. The zero-order chi connectivity index (χ0) is 38.5. The second-order valence-corrected chi connectivity index (χ2v) is 20.7. The first-order valence-corrected chi connectivity index (χ1v) is 22.4. The fourth-order valence-corrected chi connectivity index (χ4v) is 13.3. The Hall–Kier alpha value is -4.95. The fourth-order valence-electron chi connectivity index (χ4n) is 8.85. The summed E-state index contributed by atoms with van der Waals surface area (Å²) in [7, 11) is -0.672. The Bertz CT molecular complexity index is 2430. The van der Waals surface area contributed by atoms with Crippen molar-refractivity contribution in [3.05, 3.63) is 135 Å². The lowest BCUT2D eigenvalue weighted by Crippen LogP contribution is -2.51. The highest BCUT2D eigenvalue weighted by molar-refractivity contribution is 9.10. The van der Waals surface area contributed by atoms with Crippen molar-refractivity contribution >= 4 is 51.6 Å². The number of carbonyl (C=O) groups is 1. The molecule has 1 spiro atoms. The van der Waals surface area contributed by atoms with Crippen LogP contribution >= 0.6 is 15.9 Å². The quantitative estimate of drug-likeness (QED) is 0.155. The maximum Gasteiger partial charge on any atom is 0.279 e. The number of benzene rings is 4. The molecule has 1 fully saturated rings. The van der Waals surface area contributed by atoms with Crippen LogP contribution in [0.25, 0.3) is 16.5 Å². The van der Waals surface area contributed by atoms with E-state index in [0.29, 0.717) is 37.0 Å². The van der Waals surface area contributed by atoms with Gasteiger partial charge < -0.3 is 19.5 Å². The number of aromatic nitrogens is 5. The predicted molar refractivity (Wildman–Crippen MR) is 218 cm³/mol. The highest BCUT2D eigenvalue weighted by atomic mass is 79.9. The van der Waals surface area contributed by atoms with Crippen LogP contribution in [0.2, 0.25) is 18.6 Å². The second kappa shape index (κ2) is 14.6. The molecule has 2 aromatic heterocycles. The van der Waals surface area contributed by atoms with Crippen molar-refractivity contribution in [2.45, 2.75) is 63.2 Å². The number of fused-ring (bicyclic) bond motifs is 3. The third-order valence-electron chi connectivity index (χ3n) is 11.6. The molecular formula is C42H43BrN6O5Si. The molecule has 4 atom stereocenters. The van der Waals surface area contributed by atoms with E-state index in [1.807, 2.05) is 88.6 Å². The predicted octanol–water partition coefficient (Wildman–Crippen LogP) is 6.14. The standard InChI is InChI=1S/C42H43BrN6O5Si/c1-27-39(55(3,4)34-16-14-33(53-2)15-17-34)38(19-21-47-26-31(20-22-50)45-46-47)54-42(27)36-23-30(43)11-18-37(36)48(41(42)52)25-28-9-12-32(13-10-28)49-40(51)35-8-6-5-7-29(35)24-44-49/h5-18,23-24,26-27,38-39,50H,19-22,25H2,1-4H3/t27-,38+,39-,42+/m1/s1. The molecule has 6 aromatic rings. The van der Waals surface area contributed by atoms with Crippen molar-refractivity contribution in [1.82, 2.24) is 24.8 Å². The number of rotatable bonds is 11. The molecule has 0 aliphatic carbocycles. The Balaban J connectivity index is 1.14. The number of methoxy groups -OCH3 is 1. The summed E-state index contributed by atoms with van der Waals surface area (Å²) in [5, 5.41) is 25.1. The van der Waals surface area contributed by atoms with Gasteiger partial charge in [0.15, 0.2) is 5.60 Å². The van der Waals surface area contributed by atoms with Crippen molar-refractivity contribution in [3.63, 3.8) is 0 Å². The van der Waals surface area contributed by atoms with E-state index in [0.717, 1.165) is 38.1 Å². The molecule has 11 nitrogen and oxygen atoms in total. The molecule has 0 unspecified atom stereocenters. The highest BCUT2D eigenvalue weighted by Gasteiger charge is 2.66. The number of carbonyl (C=O) groups excluding carboxylic acids is 1. The lowest BCUT2D eigenvalue weighted by atomic mass is 9.82. The largest absolute Gasteiger partial charge is 0.497 e. The minimum Gasteiger partial charge on any atom is -0.497 e. The molecular weight excluding hydrogens is 776 g/mol. The third-order valence-corrected chi connectivity index (χ3v) is 16.5. The van der Waals surface area contributed by atoms with Crippen LogP contribution in [0.5, 0.6) is 5.75 Å². The first-order chi connectivity index (χ1) is 26.5. The monoisotopic (exact) mass is 818 g/mol. The molecule has 0 bridgehead atoms. The molecule has 0 saturated carbocycles. The Morgan fingerprint density at radius 3 is 2.51 bits per heavy atom. The lowest BCUT2D eigenvalue weighted by molar-refractivity contribution is -0.146. The topological polar surface area (TPSA) is 125 Å². The Labute approximate surface area is 328 Å². The van der Waals surface area contributed by atoms with Gasteiger partial charge in [-0.25, -0.2) is 0 Å². The molecule has 1 amide bonds. The van der Waals surface area contributed by atoms with E-state index in [4.69, 9.17) is 9.47 Å². The normalized spacial score (nSPS) is 20.8. The van der Waals surface area contributed by atoms with E-state index < -0.39 is 13.7 Å². The van der Waals surface area contributed by atoms with Crippen LogP contribution in [-0.2, 0) is 34.6 Å². The van der Waals surface area contributed by atoms with E-state index in [2.05, 4.69) is 63.5 Å². The van der Waals surface area contributed by atoms with Gasteiger partial charge in [0, 0.05) is 47.1 Å². The van der Waals surface area contributed by atoms with Crippen LogP contribution in [0.1, 0.15) is 30.2 Å². The molecule has 0 radical (unpaired) electrons. The zero-order valence-electron chi connectivity index (χ0n) is 31.2. The smallest absolute Gasteiger partial charge is 0.279 e. The van der Waals surface area contributed by atoms with Gasteiger partial charge in [0.25, 0.3) is 11.5 Å². The molecule has 13 heteroatoms. The van der Waals surface area contributed by atoms with Gasteiger partial charge in [-0.2, -0.15) is 9.78 Å². The van der Waals surface area contributed by atoms with Gasteiger partial charge in [-0.1, -0.05) is 88.8 Å². The third kappa shape index (κ3) is 6.42. The van der Waals surface area contributed by atoms with Crippen LogP contribution in [0, 0.1) is 5.92 Å². The van der Waals surface area contributed by atoms with Crippen molar-refractivity contribution in [2.75, 3.05) is 18.6 Å². The number of hydrogen-bond acceptors (Lipinski definition) is 8. The summed E-state index contributed by atoms with van der Waals surface area (Å²) >= 11 is 3.71. The van der Waals surface area contributed by atoms with E-state index in [1.165, 1.54) is 9.87 Å². The molecule has 2 aliphatic heterocycles. The summed E-state index contributed by atoms with van der Waals surface area (Å²) in [5.74, 6) is 0.555. The van der Waals surface area contributed by atoms with Gasteiger partial charge in [-0.15, -0.1) is 5.10 Å². The van der Waals surface area contributed by atoms with Crippen LogP contribution in [0.4, 0.5) is 5.69 Å². The van der Waals surface area contributed by atoms with Gasteiger partial charge >= 0.3 is 0 Å². The zero-order valence-corrected chi connectivity index (χ0v) is 33.8. The average Bonchev–Trinajstić information content (AvgIpc) is 3.84. The van der Waals surface area contributed by atoms with Crippen molar-refractivity contribution in [1.29, 1.82) is 0 Å². The van der Waals surface area contributed by atoms with Crippen LogP contribution in [0.15, 0.2) is 113 Å². The average molecular weight is 820 g/mol. The maximum atomic E-state index is 15.2. The van der Waals surface area contributed by atoms with Crippen LogP contribution in [-0.4, -0.2) is 63.7 Å². The number of aliphatic hydroxyl groups is 1. The second-order valence-electron chi connectivity index (χ2n) is 15.1. The number of halogens is 1. The molecule has 1 N–H and O–H groups in total. The van der Waals surface area contributed by atoms with Crippen molar-refractivity contribution in [3.8, 4) is 11.4 Å². The van der Waals surface area contributed by atoms with Crippen LogP contribution < -0.4 is 20.4 Å². The SMILES string of the molecule is COc1ccc([Si](C)(C)[C@H]2[C@H](CCn3cc(CCO)nn3)O[C@@]3(C(=O)N(Cc4ccc(-n5ncc6ccccc6c5=O)cc4)c4ccc(Br)cc43)[C@@H]2C)cc1. The molecule has 8 rings (SSSR count). The van der Waals surface area contributed by atoms with Crippen molar-refractivity contribution < 1.29 is 19.4 Å². The number of nitrogens with zero attached hydrogens (tertiary/aromatic N) is 6. The number of ether oxygens (including phenoxy) is 2. The van der Waals surface area contributed by atoms with Gasteiger partial charge in [0.05, 0.1) is 56.5 Å². The highest BCUT2D eigenvalue weighted by Crippen LogP contribution is 2.60. The van der Waals surface area contributed by atoms with Gasteiger partial charge in [-0.3, -0.25) is 14.3 Å². The van der Waals surface area contributed by atoms with Gasteiger partial charge in [0.2, 0.25) is 0 Å². The van der Waals surface area contributed by atoms with Gasteiger partial charge in [-0.05, 0) is 66.1 Å². The number of aliphatic hydroxyl groups excluding tert-OH is 1. The van der Waals surface area contributed by atoms with Gasteiger partial charge in [0.1, 0.15) is 5.75 Å². The van der Waals surface area contributed by atoms with Crippen LogP contribution in [0.3, 0.4) is 0 Å². The summed E-state index contributed by atoms with van der Waals surface area (Å²) in [6.07, 6.45) is 4.39. The summed E-state index contributed by atoms with van der Waals surface area (Å²) in [6.45, 7) is 7.82. The molecule has 4 heterocycles. The molecule has 282 valence electrons. The minimum atomic E-state index is -2.34. The summed E-state index contributed by atoms with van der Waals surface area (Å²) in [6, 6.07) is 29.4. The number of hydrogen-bond donors (Lipinski definition) is 1. The van der Waals surface area contributed by atoms with E-state index in [9.17, 15) is 9.90 Å². The molecule has 2 aliphatic rings. The fraction of sp³-hybridized carbons (Fsp3) is 0.310. The Morgan fingerprint density at radius 2 is 1.76 bits per heavy atom. The Morgan fingerprint density at radius 1 is 1.00 bits per heavy atom. The number of amides is 1. The summed E-state index contributed by atoms with van der Waals surface area (Å²) < 4.78 is 16.9. The number of aryl methyl sites for hydroxylation is 1. The van der Waals surface area contributed by atoms with E-state index in [1.54, 1.807) is 19.4 Å². The molecule has 4 aromatic carbocycles. The Kier molecular flexibility index (Phi) is 9.82. The lowest BCUT2D eigenvalue weighted by Gasteiger charge is -2.37. The van der Waals surface area contributed by atoms with E-state index >= 15 is 4.79 Å². The number of anilines is 1. The molecule has 55 heavy (non-hydrogen) atoms. The van der Waals surface area contributed by atoms with E-state index in [-0.39, 0.29) is 35.6 Å². The molecule has 1 saturated heterocycles. The first-order valence-electron chi connectivity index (χ1n) is 18.6. The minimum absolute atomic E-state index is 0.00754. The summed E-state index contributed by atoms with van der Waals surface area (Å²) in [5.41, 5.74) is 2.64. The summed E-state index contributed by atoms with van der Waals surface area (Å²) in [4.78, 5) is 30.4. The van der Waals surface area contributed by atoms with Crippen molar-refractivity contribution in [2.24, 2.45) is 5.92 Å². The first kappa shape index (κ1) is 37.0.